The van der Waals surface area contributed by atoms with Gasteiger partial charge in [-0.3, -0.25) is 19.3 Å². The van der Waals surface area contributed by atoms with Gasteiger partial charge in [0.25, 0.3) is 11.8 Å². The molecule has 0 aliphatic carbocycles. The van der Waals surface area contributed by atoms with Gasteiger partial charge in [-0.05, 0) is 12.1 Å². The second kappa shape index (κ2) is 6.01. The van der Waals surface area contributed by atoms with Gasteiger partial charge in [-0.1, -0.05) is 24.4 Å². The predicted octanol–water partition coefficient (Wildman–Crippen LogP) is 0.417. The average molecular weight is 305 g/mol. The number of thiocarbonyl (C=S) groups is 1. The third-order valence-electron chi connectivity index (χ3n) is 3.29. The van der Waals surface area contributed by atoms with Crippen LogP contribution in [0.25, 0.3) is 0 Å². The van der Waals surface area contributed by atoms with Crippen LogP contribution in [-0.4, -0.2) is 52.6 Å². The minimum absolute atomic E-state index is 0.278. The van der Waals surface area contributed by atoms with Crippen LogP contribution in [0.3, 0.4) is 0 Å². The molecule has 3 amide bonds. The van der Waals surface area contributed by atoms with Crippen LogP contribution in [0.2, 0.25) is 0 Å². The molecule has 1 aromatic rings. The molecule has 0 atom stereocenters. The zero-order chi connectivity index (χ0) is 15.6. The van der Waals surface area contributed by atoms with Crippen molar-refractivity contribution in [1.82, 2.24) is 9.80 Å². The molecule has 6 nitrogen and oxygen atoms in total. The molecule has 0 aromatic heterocycles. The lowest BCUT2D eigenvalue weighted by Crippen LogP contribution is -2.41. The third-order valence-corrected chi connectivity index (χ3v) is 3.50. The van der Waals surface area contributed by atoms with E-state index in [1.807, 2.05) is 0 Å². The third kappa shape index (κ3) is 3.08. The van der Waals surface area contributed by atoms with Crippen LogP contribution in [0.15, 0.2) is 24.3 Å². The topological polar surface area (TPSA) is 83.7 Å². The summed E-state index contributed by atoms with van der Waals surface area (Å²) >= 11 is 4.75. The van der Waals surface area contributed by atoms with E-state index in [-0.39, 0.29) is 12.5 Å². The maximum atomic E-state index is 12.1. The van der Waals surface area contributed by atoms with Gasteiger partial charge in [0, 0.05) is 20.0 Å². The normalized spacial score (nSPS) is 13.3. The largest absolute Gasteiger partial charge is 0.393 e. The Morgan fingerprint density at radius 2 is 1.76 bits per heavy atom. The second-order valence-electron chi connectivity index (χ2n) is 4.77. The number of hydrogen-bond acceptors (Lipinski definition) is 4. The van der Waals surface area contributed by atoms with Gasteiger partial charge in [-0.25, -0.2) is 0 Å². The highest BCUT2D eigenvalue weighted by Gasteiger charge is 2.36. The molecule has 1 aliphatic heterocycles. The SMILES string of the molecule is CN(CCC(N)=S)C(=O)CN1C(=O)c2ccccc2C1=O. The zero-order valence-electron chi connectivity index (χ0n) is 11.5. The van der Waals surface area contributed by atoms with Crippen LogP contribution >= 0.6 is 12.2 Å². The van der Waals surface area contributed by atoms with Crippen molar-refractivity contribution < 1.29 is 14.4 Å². The molecule has 7 heteroatoms. The minimum atomic E-state index is -0.438. The molecule has 1 aliphatic rings. The summed E-state index contributed by atoms with van der Waals surface area (Å²) in [5.41, 5.74) is 6.05. The maximum Gasteiger partial charge on any atom is 0.262 e. The van der Waals surface area contributed by atoms with Gasteiger partial charge in [0.05, 0.1) is 16.1 Å². The van der Waals surface area contributed by atoms with Gasteiger partial charge in [0.1, 0.15) is 6.54 Å². The first-order valence-electron chi connectivity index (χ1n) is 6.39. The van der Waals surface area contributed by atoms with Crippen LogP contribution < -0.4 is 5.73 Å². The Hall–Kier alpha value is -2.28. The fourth-order valence-electron chi connectivity index (χ4n) is 2.04. The van der Waals surface area contributed by atoms with E-state index in [2.05, 4.69) is 0 Å². The highest BCUT2D eigenvalue weighted by Crippen LogP contribution is 2.22. The molecule has 0 saturated heterocycles. The van der Waals surface area contributed by atoms with E-state index in [9.17, 15) is 14.4 Å². The number of imide groups is 1. The van der Waals surface area contributed by atoms with Crippen molar-refractivity contribution >= 4 is 34.9 Å². The van der Waals surface area contributed by atoms with Crippen molar-refractivity contribution in [2.24, 2.45) is 5.73 Å². The highest BCUT2D eigenvalue weighted by atomic mass is 32.1. The maximum absolute atomic E-state index is 12.1. The quantitative estimate of drug-likeness (QED) is 0.629. The predicted molar refractivity (Wildman–Crippen MR) is 80.8 cm³/mol. The Labute approximate surface area is 127 Å². The van der Waals surface area contributed by atoms with E-state index >= 15 is 0 Å². The molecule has 110 valence electrons. The lowest BCUT2D eigenvalue weighted by Gasteiger charge is -2.20. The van der Waals surface area contributed by atoms with E-state index in [1.165, 1.54) is 4.90 Å². The van der Waals surface area contributed by atoms with E-state index in [4.69, 9.17) is 18.0 Å². The summed E-state index contributed by atoms with van der Waals surface area (Å²) in [5.74, 6) is -1.21. The van der Waals surface area contributed by atoms with Crippen molar-refractivity contribution in [3.63, 3.8) is 0 Å². The first-order chi connectivity index (χ1) is 9.91. The fourth-order valence-corrected chi connectivity index (χ4v) is 2.13. The number of fused-ring (bicyclic) bond motifs is 1. The van der Waals surface area contributed by atoms with Gasteiger partial charge < -0.3 is 10.6 Å². The van der Waals surface area contributed by atoms with Gasteiger partial charge in [0.15, 0.2) is 0 Å². The van der Waals surface area contributed by atoms with Crippen molar-refractivity contribution in [3.8, 4) is 0 Å². The lowest BCUT2D eigenvalue weighted by atomic mass is 10.1. The molecule has 0 bridgehead atoms. The Bertz CT molecular complexity index is 595. The molecular weight excluding hydrogens is 290 g/mol. The summed E-state index contributed by atoms with van der Waals surface area (Å²) < 4.78 is 0. The van der Waals surface area contributed by atoms with Crippen molar-refractivity contribution in [2.45, 2.75) is 6.42 Å². The van der Waals surface area contributed by atoms with Gasteiger partial charge in [0.2, 0.25) is 5.91 Å². The van der Waals surface area contributed by atoms with E-state index in [1.54, 1.807) is 31.3 Å². The number of carbonyl (C=O) groups is 3. The van der Waals surface area contributed by atoms with Crippen molar-refractivity contribution in [1.29, 1.82) is 0 Å². The van der Waals surface area contributed by atoms with Gasteiger partial charge in [-0.2, -0.15) is 0 Å². The number of nitrogens with zero attached hydrogens (tertiary/aromatic N) is 2. The second-order valence-corrected chi connectivity index (χ2v) is 5.30. The Balaban J connectivity index is 2.05. The van der Waals surface area contributed by atoms with Crippen molar-refractivity contribution in [2.75, 3.05) is 20.1 Å². The average Bonchev–Trinajstić information content (AvgIpc) is 2.70. The van der Waals surface area contributed by atoms with E-state index in [0.717, 1.165) is 4.90 Å². The summed E-state index contributed by atoms with van der Waals surface area (Å²) in [6, 6.07) is 6.53. The van der Waals surface area contributed by atoms with E-state index < -0.39 is 11.8 Å². The van der Waals surface area contributed by atoms with Crippen LogP contribution in [0.1, 0.15) is 27.1 Å². The number of nitrogens with two attached hydrogens (primary N) is 1. The number of benzene rings is 1. The summed E-state index contributed by atoms with van der Waals surface area (Å²) in [6.07, 6.45) is 0.402. The Morgan fingerprint density at radius 3 is 2.24 bits per heavy atom. The molecule has 1 aromatic carbocycles. The molecule has 0 fully saturated rings. The Kier molecular flexibility index (Phi) is 4.32. The van der Waals surface area contributed by atoms with Gasteiger partial charge >= 0.3 is 0 Å². The molecule has 2 N–H and O–H groups in total. The van der Waals surface area contributed by atoms with E-state index in [0.29, 0.717) is 29.1 Å². The number of carbonyl (C=O) groups excluding carboxylic acids is 3. The van der Waals surface area contributed by atoms with Crippen LogP contribution in [0.5, 0.6) is 0 Å². The van der Waals surface area contributed by atoms with Crippen LogP contribution in [0.4, 0.5) is 0 Å². The number of likely N-dealkylation sites (N-methyl/N-ethyl adjacent to an activating group) is 1. The molecular formula is C14H15N3O3S. The monoisotopic (exact) mass is 305 g/mol. The number of rotatable bonds is 5. The molecule has 0 unspecified atom stereocenters. The zero-order valence-corrected chi connectivity index (χ0v) is 12.4. The highest BCUT2D eigenvalue weighted by molar-refractivity contribution is 7.80. The molecule has 21 heavy (non-hydrogen) atoms. The summed E-state index contributed by atoms with van der Waals surface area (Å²) in [4.78, 5) is 39.0. The molecule has 1 heterocycles. The summed E-state index contributed by atoms with van der Waals surface area (Å²) in [7, 11) is 1.58. The first-order valence-corrected chi connectivity index (χ1v) is 6.80. The number of amides is 3. The summed E-state index contributed by atoms with van der Waals surface area (Å²) in [6.45, 7) is 0.0809. The standard InChI is InChI=1S/C14H15N3O3S/c1-16(7-6-11(15)21)12(18)8-17-13(19)9-4-2-3-5-10(9)14(17)20/h2-5H,6-8H2,1H3,(H2,15,21). The Morgan fingerprint density at radius 1 is 1.24 bits per heavy atom. The molecule has 2 rings (SSSR count). The van der Waals surface area contributed by atoms with Crippen LogP contribution in [-0.2, 0) is 4.79 Å². The fraction of sp³-hybridized carbons (Fsp3) is 0.286. The lowest BCUT2D eigenvalue weighted by molar-refractivity contribution is -0.130. The molecule has 0 radical (unpaired) electrons. The first kappa shape index (κ1) is 15.1. The summed E-state index contributed by atoms with van der Waals surface area (Å²) in [5, 5.41) is 0. The molecule has 0 saturated carbocycles. The molecule has 0 spiro atoms. The smallest absolute Gasteiger partial charge is 0.262 e. The number of hydrogen-bond donors (Lipinski definition) is 1. The minimum Gasteiger partial charge on any atom is -0.393 e. The van der Waals surface area contributed by atoms with Crippen molar-refractivity contribution in [3.05, 3.63) is 35.4 Å². The van der Waals surface area contributed by atoms with Crippen LogP contribution in [0, 0.1) is 0 Å². The van der Waals surface area contributed by atoms with Gasteiger partial charge in [-0.15, -0.1) is 0 Å².